The van der Waals surface area contributed by atoms with E-state index in [1.54, 1.807) is 0 Å². The second-order valence-corrected chi connectivity index (χ2v) is 10.1. The van der Waals surface area contributed by atoms with E-state index in [2.05, 4.69) is 53.1 Å². The van der Waals surface area contributed by atoms with E-state index in [1.807, 2.05) is 18.2 Å². The minimum atomic E-state index is 0.297. The number of amides is 1. The van der Waals surface area contributed by atoms with Crippen LogP contribution in [0.1, 0.15) is 55.2 Å². The van der Waals surface area contributed by atoms with Gasteiger partial charge in [-0.3, -0.25) is 4.79 Å². The number of benzene rings is 2. The van der Waals surface area contributed by atoms with Crippen LogP contribution in [-0.2, 0) is 17.6 Å². The maximum atomic E-state index is 12.9. The summed E-state index contributed by atoms with van der Waals surface area (Å²) in [6.45, 7) is 6.72. The predicted molar refractivity (Wildman–Crippen MR) is 126 cm³/mol. The number of hydrogen-bond acceptors (Lipinski definition) is 2. The number of carbonyl (C=O) groups is 1. The molecule has 1 aliphatic carbocycles. The average molecular weight is 417 g/mol. The molecular formula is C28H36N2O. The third kappa shape index (κ3) is 4.57. The van der Waals surface area contributed by atoms with Gasteiger partial charge >= 0.3 is 0 Å². The van der Waals surface area contributed by atoms with Gasteiger partial charge in [-0.1, -0.05) is 54.6 Å². The molecule has 0 bridgehead atoms. The Morgan fingerprint density at radius 2 is 1.74 bits per heavy atom. The lowest BCUT2D eigenvalue weighted by Gasteiger charge is -2.22. The molecule has 0 radical (unpaired) electrons. The Kier molecular flexibility index (Phi) is 6.13. The largest absolute Gasteiger partial charge is 0.342 e. The lowest BCUT2D eigenvalue weighted by atomic mass is 9.86. The van der Waals surface area contributed by atoms with Crippen LogP contribution in [0.2, 0.25) is 0 Å². The zero-order valence-corrected chi connectivity index (χ0v) is 18.9. The third-order valence-corrected chi connectivity index (χ3v) is 8.19. The highest BCUT2D eigenvalue weighted by molar-refractivity contribution is 5.79. The van der Waals surface area contributed by atoms with Crippen LogP contribution >= 0.6 is 0 Å². The molecule has 4 atom stereocenters. The molecule has 164 valence electrons. The Bertz CT molecular complexity index is 878. The van der Waals surface area contributed by atoms with Crippen molar-refractivity contribution in [3.05, 3.63) is 71.3 Å². The maximum Gasteiger partial charge on any atom is 0.227 e. The molecule has 5 rings (SSSR count). The van der Waals surface area contributed by atoms with Gasteiger partial charge in [-0.2, -0.15) is 0 Å². The predicted octanol–water partition coefficient (Wildman–Crippen LogP) is 4.91. The standard InChI is InChI=1S/C28H36N2O/c1-21-6-5-16-29(21)17-15-22-9-11-24(12-10-22)26-14-13-25-19-30(20-27(25)26)28(31)18-23-7-3-2-4-8-23/h2-4,7-12,21,25-27H,5-6,13-20H2,1H3. The quantitative estimate of drug-likeness (QED) is 0.668. The first-order chi connectivity index (χ1) is 15.2. The van der Waals surface area contributed by atoms with Gasteiger partial charge in [0.15, 0.2) is 0 Å². The molecule has 1 amide bonds. The number of nitrogens with zero attached hydrogens (tertiary/aromatic N) is 2. The van der Waals surface area contributed by atoms with Crippen molar-refractivity contribution < 1.29 is 4.79 Å². The second-order valence-electron chi connectivity index (χ2n) is 10.1. The van der Waals surface area contributed by atoms with Crippen LogP contribution in [0.4, 0.5) is 0 Å². The van der Waals surface area contributed by atoms with E-state index in [1.165, 1.54) is 49.9 Å². The summed E-state index contributed by atoms with van der Waals surface area (Å²) in [5.74, 6) is 2.23. The fraction of sp³-hybridized carbons (Fsp3) is 0.536. The fourth-order valence-corrected chi connectivity index (χ4v) is 6.29. The number of fused-ring (bicyclic) bond motifs is 1. The molecule has 4 unspecified atom stereocenters. The first kappa shape index (κ1) is 20.8. The molecule has 2 aromatic rings. The van der Waals surface area contributed by atoms with Crippen LogP contribution in [0.5, 0.6) is 0 Å². The average Bonchev–Trinajstić information content (AvgIpc) is 3.49. The van der Waals surface area contributed by atoms with Gasteiger partial charge in [-0.05, 0) is 80.0 Å². The van der Waals surface area contributed by atoms with E-state index in [4.69, 9.17) is 0 Å². The van der Waals surface area contributed by atoms with Crippen LogP contribution in [0.25, 0.3) is 0 Å². The van der Waals surface area contributed by atoms with Gasteiger partial charge < -0.3 is 9.80 Å². The summed E-state index contributed by atoms with van der Waals surface area (Å²) in [5, 5.41) is 0. The third-order valence-electron chi connectivity index (χ3n) is 8.19. The Morgan fingerprint density at radius 1 is 0.935 bits per heavy atom. The number of likely N-dealkylation sites (tertiary alicyclic amines) is 2. The Morgan fingerprint density at radius 3 is 2.48 bits per heavy atom. The van der Waals surface area contributed by atoms with Crippen molar-refractivity contribution in [2.75, 3.05) is 26.2 Å². The summed E-state index contributed by atoms with van der Waals surface area (Å²) in [6, 6.07) is 20.4. The topological polar surface area (TPSA) is 23.6 Å². The van der Waals surface area contributed by atoms with Crippen molar-refractivity contribution in [3.63, 3.8) is 0 Å². The number of hydrogen-bond donors (Lipinski definition) is 0. The summed E-state index contributed by atoms with van der Waals surface area (Å²) in [6.07, 6.45) is 6.95. The molecule has 0 spiro atoms. The summed E-state index contributed by atoms with van der Waals surface area (Å²) in [5.41, 5.74) is 4.08. The van der Waals surface area contributed by atoms with Crippen molar-refractivity contribution in [1.29, 1.82) is 0 Å². The second kappa shape index (κ2) is 9.16. The van der Waals surface area contributed by atoms with Crippen LogP contribution in [0.15, 0.2) is 54.6 Å². The highest BCUT2D eigenvalue weighted by atomic mass is 16.2. The number of carbonyl (C=O) groups excluding carboxylic acids is 1. The lowest BCUT2D eigenvalue weighted by Crippen LogP contribution is -2.31. The van der Waals surface area contributed by atoms with Crippen molar-refractivity contribution in [2.24, 2.45) is 11.8 Å². The summed E-state index contributed by atoms with van der Waals surface area (Å²) >= 11 is 0. The SMILES string of the molecule is CC1CCCN1CCc1ccc(C2CCC3CN(C(=O)Cc4ccccc4)CC32)cc1. The van der Waals surface area contributed by atoms with Crippen molar-refractivity contribution >= 4 is 5.91 Å². The molecular weight excluding hydrogens is 380 g/mol. The molecule has 2 heterocycles. The fourth-order valence-electron chi connectivity index (χ4n) is 6.29. The molecule has 3 fully saturated rings. The normalized spacial score (nSPS) is 28.2. The Hall–Kier alpha value is -2.13. The van der Waals surface area contributed by atoms with E-state index in [-0.39, 0.29) is 0 Å². The van der Waals surface area contributed by atoms with Crippen molar-refractivity contribution in [2.45, 2.75) is 57.4 Å². The first-order valence-electron chi connectivity index (χ1n) is 12.3. The molecule has 0 N–H and O–H groups in total. The molecule has 2 saturated heterocycles. The maximum absolute atomic E-state index is 12.9. The summed E-state index contributed by atoms with van der Waals surface area (Å²) < 4.78 is 0. The molecule has 31 heavy (non-hydrogen) atoms. The van der Waals surface area contributed by atoms with Gasteiger partial charge in [0.1, 0.15) is 0 Å². The van der Waals surface area contributed by atoms with Gasteiger partial charge in [0.25, 0.3) is 0 Å². The van der Waals surface area contributed by atoms with Gasteiger partial charge in [-0.15, -0.1) is 0 Å². The Balaban J connectivity index is 1.17. The molecule has 3 heteroatoms. The van der Waals surface area contributed by atoms with Gasteiger partial charge in [0, 0.05) is 25.7 Å². The number of rotatable bonds is 6. The van der Waals surface area contributed by atoms with Gasteiger partial charge in [0.2, 0.25) is 5.91 Å². The van der Waals surface area contributed by atoms with Crippen LogP contribution in [0, 0.1) is 11.8 Å². The smallest absolute Gasteiger partial charge is 0.227 e. The van der Waals surface area contributed by atoms with Crippen LogP contribution in [-0.4, -0.2) is 47.9 Å². The van der Waals surface area contributed by atoms with Gasteiger partial charge in [0.05, 0.1) is 6.42 Å². The molecule has 1 saturated carbocycles. The summed E-state index contributed by atoms with van der Waals surface area (Å²) in [4.78, 5) is 17.6. The van der Waals surface area contributed by atoms with Gasteiger partial charge in [-0.25, -0.2) is 0 Å². The minimum absolute atomic E-state index is 0.297. The molecule has 0 aromatic heterocycles. The van der Waals surface area contributed by atoms with Crippen LogP contribution < -0.4 is 0 Å². The molecule has 2 aromatic carbocycles. The Labute approximate surface area is 187 Å². The lowest BCUT2D eigenvalue weighted by molar-refractivity contribution is -0.129. The van der Waals surface area contributed by atoms with E-state index in [0.29, 0.717) is 30.1 Å². The first-order valence-corrected chi connectivity index (χ1v) is 12.3. The van der Waals surface area contributed by atoms with Crippen molar-refractivity contribution in [1.82, 2.24) is 9.80 Å². The molecule has 3 aliphatic rings. The van der Waals surface area contributed by atoms with Crippen LogP contribution in [0.3, 0.4) is 0 Å². The summed E-state index contributed by atoms with van der Waals surface area (Å²) in [7, 11) is 0. The molecule has 2 aliphatic heterocycles. The van der Waals surface area contributed by atoms with E-state index >= 15 is 0 Å². The van der Waals surface area contributed by atoms with E-state index < -0.39 is 0 Å². The van der Waals surface area contributed by atoms with E-state index in [9.17, 15) is 4.79 Å². The highest BCUT2D eigenvalue weighted by Gasteiger charge is 2.44. The zero-order valence-electron chi connectivity index (χ0n) is 18.9. The molecule has 3 nitrogen and oxygen atoms in total. The van der Waals surface area contributed by atoms with Crippen molar-refractivity contribution in [3.8, 4) is 0 Å². The monoisotopic (exact) mass is 416 g/mol. The zero-order chi connectivity index (χ0) is 21.2. The minimum Gasteiger partial charge on any atom is -0.342 e. The highest BCUT2D eigenvalue weighted by Crippen LogP contribution is 2.47. The van der Waals surface area contributed by atoms with E-state index in [0.717, 1.165) is 31.1 Å².